The van der Waals surface area contributed by atoms with Crippen LogP contribution in [-0.2, 0) is 33.2 Å². The van der Waals surface area contributed by atoms with Crippen LogP contribution >= 0.6 is 0 Å². The Hall–Kier alpha value is -1.05. The van der Waals surface area contributed by atoms with Crippen molar-refractivity contribution in [2.75, 3.05) is 13.2 Å². The van der Waals surface area contributed by atoms with Gasteiger partial charge in [0, 0.05) is 12.8 Å². The highest BCUT2D eigenvalue weighted by Crippen LogP contribution is 2.89. The van der Waals surface area contributed by atoms with Crippen molar-refractivity contribution in [1.82, 2.24) is 0 Å². The van der Waals surface area contributed by atoms with Crippen molar-refractivity contribution in [3.63, 3.8) is 0 Å². The maximum absolute atomic E-state index is 12.2. The summed E-state index contributed by atoms with van der Waals surface area (Å²) in [6.45, 7) is 14.7. The van der Waals surface area contributed by atoms with E-state index >= 15 is 0 Å². The molecule has 58 heavy (non-hydrogen) atoms. The van der Waals surface area contributed by atoms with E-state index in [1.807, 2.05) is 0 Å². The first-order valence-electron chi connectivity index (χ1n) is 21.8. The Morgan fingerprint density at radius 1 is 0.862 bits per heavy atom. The van der Waals surface area contributed by atoms with Crippen molar-refractivity contribution in [3.05, 3.63) is 0 Å². The largest absolute Gasteiger partial charge is 0.454 e. The molecule has 0 aromatic rings. The molecule has 0 aromatic carbocycles. The maximum Gasteiger partial charge on any atom is 0.303 e. The molecule has 3 aliphatic heterocycles. The predicted octanol–water partition coefficient (Wildman–Crippen LogP) is 1.64. The van der Waals surface area contributed by atoms with E-state index < -0.39 is 97.6 Å². The number of ether oxygens (including phenoxy) is 6. The number of carbonyl (C=O) groups excluding carboxylic acids is 1. The number of hydrogen-bond donors (Lipinski definition) is 8. The fraction of sp³-hybridized carbons (Fsp3) is 0.977. The van der Waals surface area contributed by atoms with Crippen LogP contribution in [0.25, 0.3) is 0 Å². The molecule has 8 fully saturated rings. The third-order valence-corrected chi connectivity index (χ3v) is 17.8. The predicted molar refractivity (Wildman–Crippen MR) is 203 cm³/mol. The van der Waals surface area contributed by atoms with E-state index in [1.165, 1.54) is 0 Å². The summed E-state index contributed by atoms with van der Waals surface area (Å²) in [7, 11) is 0. The van der Waals surface area contributed by atoms with Gasteiger partial charge in [-0.25, -0.2) is 0 Å². The summed E-state index contributed by atoms with van der Waals surface area (Å²) in [4.78, 5) is 12.0. The van der Waals surface area contributed by atoms with E-state index in [0.717, 1.165) is 51.9 Å². The molecule has 8 rings (SSSR count). The highest BCUT2D eigenvalue weighted by molar-refractivity contribution is 5.66. The van der Waals surface area contributed by atoms with Gasteiger partial charge in [0.05, 0.1) is 42.7 Å². The summed E-state index contributed by atoms with van der Waals surface area (Å²) >= 11 is 0. The Kier molecular flexibility index (Phi) is 10.5. The van der Waals surface area contributed by atoms with Crippen molar-refractivity contribution in [2.45, 2.75) is 204 Å². The van der Waals surface area contributed by atoms with Gasteiger partial charge in [-0.05, 0) is 117 Å². The van der Waals surface area contributed by atoms with Gasteiger partial charge in [-0.3, -0.25) is 4.79 Å². The number of carbonyl (C=O) groups is 1. The minimum Gasteiger partial charge on any atom is -0.454 e. The molecule has 332 valence electrons. The van der Waals surface area contributed by atoms with Crippen molar-refractivity contribution in [1.29, 1.82) is 0 Å². The van der Waals surface area contributed by atoms with Crippen molar-refractivity contribution >= 4 is 5.97 Å². The Morgan fingerprint density at radius 3 is 2.21 bits per heavy atom. The van der Waals surface area contributed by atoms with Crippen LogP contribution in [0.1, 0.15) is 120 Å². The standard InChI is InChI=1S/C43H70O15/c1-21(45)54-29-28(48)23(47)19-53-34(29)58-43(52)32(49)25(18-44)56-35(33(43)50)55-24-16-26-39(7)17-22(46)30(40(8)13-10-27(57-40)37(4,5)51)38(39,6)14-15-41(26)20-42(41)12-9-11-36(2,3)31(24)42/h22-35,44,46-52H,9-20H2,1-8H3. The van der Waals surface area contributed by atoms with Gasteiger partial charge in [0.2, 0.25) is 12.1 Å². The van der Waals surface area contributed by atoms with Crippen LogP contribution in [0.15, 0.2) is 0 Å². The van der Waals surface area contributed by atoms with Gasteiger partial charge in [-0.2, -0.15) is 0 Å². The monoisotopic (exact) mass is 826 g/mol. The Morgan fingerprint density at radius 2 is 1.57 bits per heavy atom. The minimum atomic E-state index is -2.91. The zero-order valence-electron chi connectivity index (χ0n) is 35.5. The molecule has 0 bridgehead atoms. The van der Waals surface area contributed by atoms with Gasteiger partial charge in [0.15, 0.2) is 18.5 Å². The molecule has 20 unspecified atom stereocenters. The molecule has 8 aliphatic rings. The second kappa shape index (κ2) is 14.0. The molecule has 3 heterocycles. The van der Waals surface area contributed by atoms with Crippen LogP contribution in [0.2, 0.25) is 0 Å². The zero-order chi connectivity index (χ0) is 42.4. The van der Waals surface area contributed by atoms with E-state index in [-0.39, 0.29) is 50.9 Å². The van der Waals surface area contributed by atoms with Crippen molar-refractivity contribution in [2.24, 2.45) is 44.8 Å². The van der Waals surface area contributed by atoms with Crippen LogP contribution in [0, 0.1) is 44.8 Å². The lowest BCUT2D eigenvalue weighted by Gasteiger charge is -2.64. The van der Waals surface area contributed by atoms with Crippen molar-refractivity contribution in [3.8, 4) is 0 Å². The molecule has 15 heteroatoms. The van der Waals surface area contributed by atoms with Crippen LogP contribution in [0.5, 0.6) is 0 Å². The van der Waals surface area contributed by atoms with Crippen LogP contribution in [-0.4, -0.2) is 145 Å². The molecule has 0 aromatic heterocycles. The van der Waals surface area contributed by atoms with Crippen LogP contribution < -0.4 is 0 Å². The van der Waals surface area contributed by atoms with Gasteiger partial charge in [-0.1, -0.05) is 34.1 Å². The second-order valence-corrected chi connectivity index (χ2v) is 21.8. The van der Waals surface area contributed by atoms with Gasteiger partial charge in [-0.15, -0.1) is 0 Å². The van der Waals surface area contributed by atoms with Gasteiger partial charge >= 0.3 is 5.97 Å². The van der Waals surface area contributed by atoms with Crippen molar-refractivity contribution < 1.29 is 74.1 Å². The molecular formula is C43H70O15. The first kappa shape index (κ1) is 43.6. The number of aliphatic hydroxyl groups is 8. The molecule has 20 atom stereocenters. The Balaban J connectivity index is 1.12. The lowest BCUT2D eigenvalue weighted by Crippen LogP contribution is -2.71. The summed E-state index contributed by atoms with van der Waals surface area (Å²) < 4.78 is 36.4. The summed E-state index contributed by atoms with van der Waals surface area (Å²) in [5.41, 5.74) is -2.49. The molecular weight excluding hydrogens is 756 g/mol. The van der Waals surface area contributed by atoms with Crippen LogP contribution in [0.4, 0.5) is 0 Å². The lowest BCUT2D eigenvalue weighted by atomic mass is 9.41. The topological polar surface area (TPSA) is 234 Å². The molecule has 5 saturated carbocycles. The average molecular weight is 827 g/mol. The number of fused-ring (bicyclic) bond motifs is 2. The highest BCUT2D eigenvalue weighted by Gasteiger charge is 2.84. The zero-order valence-corrected chi connectivity index (χ0v) is 35.5. The summed E-state index contributed by atoms with van der Waals surface area (Å²) in [5, 5.41) is 89.9. The molecule has 2 spiro atoms. The quantitative estimate of drug-likeness (QED) is 0.0988. The van der Waals surface area contributed by atoms with E-state index in [9.17, 15) is 45.6 Å². The maximum atomic E-state index is 12.2. The molecule has 0 radical (unpaired) electrons. The molecule has 5 aliphatic carbocycles. The fourth-order valence-corrected chi connectivity index (χ4v) is 15.2. The normalized spacial score (nSPS) is 56.1. The van der Waals surface area contributed by atoms with Crippen LogP contribution in [0.3, 0.4) is 0 Å². The number of hydrogen-bond acceptors (Lipinski definition) is 15. The number of esters is 1. The summed E-state index contributed by atoms with van der Waals surface area (Å²) in [6, 6.07) is 0. The molecule has 0 amide bonds. The summed E-state index contributed by atoms with van der Waals surface area (Å²) in [6.07, 6.45) is -6.46. The Labute approximate surface area is 341 Å². The first-order chi connectivity index (χ1) is 26.8. The molecule has 8 N–H and O–H groups in total. The van der Waals surface area contributed by atoms with Gasteiger partial charge in [0.1, 0.15) is 24.4 Å². The smallest absolute Gasteiger partial charge is 0.303 e. The fourth-order valence-electron chi connectivity index (χ4n) is 15.2. The Bertz CT molecular complexity index is 1590. The molecule has 3 saturated heterocycles. The number of rotatable bonds is 8. The first-order valence-corrected chi connectivity index (χ1v) is 21.8. The van der Waals surface area contributed by atoms with E-state index in [0.29, 0.717) is 19.3 Å². The SMILES string of the molecule is CC(=O)OC1C(OC2(O)C(O)C(CO)OC(OC3CC4C5(C)CC(O)C(C6(C)CCC(C(C)(C)O)O6)C5(C)CCC45CC54CCCC(C)(C)C34)C2O)OCC(O)C1O. The lowest BCUT2D eigenvalue weighted by molar-refractivity contribution is -0.442. The van der Waals surface area contributed by atoms with E-state index in [2.05, 4.69) is 34.6 Å². The van der Waals surface area contributed by atoms with E-state index in [1.54, 1.807) is 13.8 Å². The third kappa shape index (κ3) is 6.10. The third-order valence-electron chi connectivity index (χ3n) is 17.8. The van der Waals surface area contributed by atoms with Gasteiger partial charge in [0.25, 0.3) is 0 Å². The van der Waals surface area contributed by atoms with Gasteiger partial charge < -0.3 is 69.3 Å². The summed E-state index contributed by atoms with van der Waals surface area (Å²) in [5.74, 6) is -3.75. The second-order valence-electron chi connectivity index (χ2n) is 21.8. The highest BCUT2D eigenvalue weighted by atomic mass is 16.8. The molecule has 15 nitrogen and oxygen atoms in total. The average Bonchev–Trinajstić information content (AvgIpc) is 3.47. The van der Waals surface area contributed by atoms with E-state index in [4.69, 9.17) is 28.4 Å². The number of aliphatic hydroxyl groups excluding tert-OH is 6. The minimum absolute atomic E-state index is 0.0281.